The van der Waals surface area contributed by atoms with Gasteiger partial charge in [0.1, 0.15) is 12.6 Å². The summed E-state index contributed by atoms with van der Waals surface area (Å²) in [6.07, 6.45) is 1.85. The maximum Gasteiger partial charge on any atom is 0.244 e. The third-order valence-corrected chi connectivity index (χ3v) is 7.20. The smallest absolute Gasteiger partial charge is 0.244 e. The molecular formula is C26H37N3O4S. The number of sulfonamides is 1. The molecule has 2 atom stereocenters. The van der Waals surface area contributed by atoms with Crippen molar-refractivity contribution in [2.45, 2.75) is 66.6 Å². The average molecular weight is 488 g/mol. The predicted molar refractivity (Wildman–Crippen MR) is 137 cm³/mol. The molecule has 7 nitrogen and oxygen atoms in total. The van der Waals surface area contributed by atoms with Crippen molar-refractivity contribution in [3.05, 3.63) is 64.7 Å². The van der Waals surface area contributed by atoms with E-state index in [2.05, 4.69) is 5.32 Å². The molecule has 2 aromatic carbocycles. The van der Waals surface area contributed by atoms with Crippen LogP contribution in [0.4, 0.5) is 5.69 Å². The van der Waals surface area contributed by atoms with Gasteiger partial charge in [0.25, 0.3) is 0 Å². The Balaban J connectivity index is 2.41. The van der Waals surface area contributed by atoms with Crippen molar-refractivity contribution in [3.63, 3.8) is 0 Å². The first-order chi connectivity index (χ1) is 15.8. The summed E-state index contributed by atoms with van der Waals surface area (Å²) in [4.78, 5) is 27.9. The van der Waals surface area contributed by atoms with Crippen LogP contribution in [0.1, 0.15) is 49.4 Å². The number of anilines is 1. The van der Waals surface area contributed by atoms with Gasteiger partial charge in [-0.3, -0.25) is 13.9 Å². The summed E-state index contributed by atoms with van der Waals surface area (Å²) in [5.74, 6) is -0.718. The fourth-order valence-corrected chi connectivity index (χ4v) is 4.39. The summed E-state index contributed by atoms with van der Waals surface area (Å²) in [6.45, 7) is 11.1. The molecule has 34 heavy (non-hydrogen) atoms. The number of aryl methyl sites for hydroxylation is 3. The summed E-state index contributed by atoms with van der Waals surface area (Å²) in [5.41, 5.74) is 4.28. The van der Waals surface area contributed by atoms with Crippen LogP contribution in [0.25, 0.3) is 0 Å². The predicted octanol–water partition coefficient (Wildman–Crippen LogP) is 3.71. The summed E-state index contributed by atoms with van der Waals surface area (Å²) in [7, 11) is -3.74. The first kappa shape index (κ1) is 27.4. The maximum atomic E-state index is 13.6. The molecule has 0 aromatic heterocycles. The molecule has 0 heterocycles. The SMILES string of the molecule is CCC(C)NC(=O)C(C)N(Cc1cccc(C)c1)C(=O)CN(c1ccc(C)c(C)c1)S(C)(=O)=O. The minimum Gasteiger partial charge on any atom is -0.352 e. The monoisotopic (exact) mass is 487 g/mol. The third kappa shape index (κ3) is 7.32. The summed E-state index contributed by atoms with van der Waals surface area (Å²) in [6, 6.07) is 12.2. The molecule has 0 fully saturated rings. The standard InChI is InChI=1S/C26H37N3O4S/c1-8-21(5)27-26(31)22(6)28(16-23-11-9-10-18(2)14-23)25(30)17-29(34(7,32)33)24-13-12-19(3)20(4)15-24/h9-15,21-22H,8,16-17H2,1-7H3,(H,27,31). The van der Waals surface area contributed by atoms with Gasteiger partial charge in [-0.1, -0.05) is 42.8 Å². The van der Waals surface area contributed by atoms with Gasteiger partial charge in [0.2, 0.25) is 21.8 Å². The van der Waals surface area contributed by atoms with Crippen molar-refractivity contribution in [1.29, 1.82) is 0 Å². The molecular weight excluding hydrogens is 450 g/mol. The minimum absolute atomic E-state index is 0.0334. The van der Waals surface area contributed by atoms with Gasteiger partial charge in [-0.25, -0.2) is 8.42 Å². The number of rotatable bonds is 10. The lowest BCUT2D eigenvalue weighted by molar-refractivity contribution is -0.139. The first-order valence-electron chi connectivity index (χ1n) is 11.5. The molecule has 2 aromatic rings. The second-order valence-corrected chi connectivity index (χ2v) is 10.9. The zero-order chi connectivity index (χ0) is 25.6. The molecule has 8 heteroatoms. The van der Waals surface area contributed by atoms with Crippen LogP contribution < -0.4 is 9.62 Å². The summed E-state index contributed by atoms with van der Waals surface area (Å²) < 4.78 is 26.4. The van der Waals surface area contributed by atoms with E-state index in [1.165, 1.54) is 4.90 Å². The Kier molecular flexibility index (Phi) is 9.27. The molecule has 0 saturated carbocycles. The van der Waals surface area contributed by atoms with Gasteiger partial charge < -0.3 is 10.2 Å². The molecule has 0 radical (unpaired) electrons. The van der Waals surface area contributed by atoms with Gasteiger partial charge in [-0.05, 0) is 69.9 Å². The average Bonchev–Trinajstić information content (AvgIpc) is 2.76. The zero-order valence-corrected chi connectivity index (χ0v) is 22.1. The van der Waals surface area contributed by atoms with Gasteiger partial charge in [-0.2, -0.15) is 0 Å². The fraction of sp³-hybridized carbons (Fsp3) is 0.462. The van der Waals surface area contributed by atoms with Crippen LogP contribution in [0.15, 0.2) is 42.5 Å². The van der Waals surface area contributed by atoms with Crippen LogP contribution in [0.2, 0.25) is 0 Å². The number of hydrogen-bond donors (Lipinski definition) is 1. The van der Waals surface area contributed by atoms with Crippen molar-refractivity contribution >= 4 is 27.5 Å². The van der Waals surface area contributed by atoms with Gasteiger partial charge >= 0.3 is 0 Å². The molecule has 1 N–H and O–H groups in total. The number of amides is 2. The lowest BCUT2D eigenvalue weighted by Gasteiger charge is -2.32. The molecule has 0 bridgehead atoms. The molecule has 2 amide bonds. The number of carbonyl (C=O) groups excluding carboxylic acids is 2. The van der Waals surface area contributed by atoms with E-state index < -0.39 is 28.5 Å². The Morgan fingerprint density at radius 1 is 1.00 bits per heavy atom. The zero-order valence-electron chi connectivity index (χ0n) is 21.3. The first-order valence-corrected chi connectivity index (χ1v) is 13.4. The highest BCUT2D eigenvalue weighted by Crippen LogP contribution is 2.22. The van der Waals surface area contributed by atoms with Crippen molar-refractivity contribution < 1.29 is 18.0 Å². The van der Waals surface area contributed by atoms with Gasteiger partial charge in [0, 0.05) is 12.6 Å². The Morgan fingerprint density at radius 2 is 1.68 bits per heavy atom. The molecule has 0 saturated heterocycles. The van der Waals surface area contributed by atoms with E-state index >= 15 is 0 Å². The van der Waals surface area contributed by atoms with Crippen LogP contribution in [-0.2, 0) is 26.2 Å². The van der Waals surface area contributed by atoms with E-state index in [9.17, 15) is 18.0 Å². The topological polar surface area (TPSA) is 86.8 Å². The van der Waals surface area contributed by atoms with E-state index in [0.717, 1.165) is 39.2 Å². The third-order valence-electron chi connectivity index (χ3n) is 6.06. The number of nitrogens with zero attached hydrogens (tertiary/aromatic N) is 2. The van der Waals surface area contributed by atoms with E-state index in [1.54, 1.807) is 19.1 Å². The summed E-state index contributed by atoms with van der Waals surface area (Å²) >= 11 is 0. The van der Waals surface area contributed by atoms with Crippen LogP contribution in [0.5, 0.6) is 0 Å². The Bertz CT molecular complexity index is 1130. The number of benzene rings is 2. The van der Waals surface area contributed by atoms with Crippen LogP contribution in [0, 0.1) is 20.8 Å². The molecule has 0 aliphatic carbocycles. The lowest BCUT2D eigenvalue weighted by atomic mass is 10.1. The van der Waals surface area contributed by atoms with Crippen molar-refractivity contribution in [3.8, 4) is 0 Å². The van der Waals surface area contributed by atoms with Crippen LogP contribution >= 0.6 is 0 Å². The lowest BCUT2D eigenvalue weighted by Crippen LogP contribution is -2.52. The summed E-state index contributed by atoms with van der Waals surface area (Å²) in [5, 5.41) is 2.93. The van der Waals surface area contributed by atoms with Crippen molar-refractivity contribution in [2.75, 3.05) is 17.1 Å². The fourth-order valence-electron chi connectivity index (χ4n) is 3.55. The Labute approximate surface area is 204 Å². The molecule has 186 valence electrons. The van der Waals surface area contributed by atoms with Crippen LogP contribution in [0.3, 0.4) is 0 Å². The van der Waals surface area contributed by atoms with E-state index in [0.29, 0.717) is 5.69 Å². The molecule has 0 aliphatic rings. The van der Waals surface area contributed by atoms with Gasteiger partial charge in [0.15, 0.2) is 0 Å². The highest BCUT2D eigenvalue weighted by Gasteiger charge is 2.30. The highest BCUT2D eigenvalue weighted by molar-refractivity contribution is 7.92. The number of carbonyl (C=O) groups is 2. The number of hydrogen-bond acceptors (Lipinski definition) is 4. The number of nitrogens with one attached hydrogen (secondary N) is 1. The normalized spacial score (nSPS) is 13.1. The largest absolute Gasteiger partial charge is 0.352 e. The van der Waals surface area contributed by atoms with Crippen molar-refractivity contribution in [1.82, 2.24) is 10.2 Å². The van der Waals surface area contributed by atoms with Crippen LogP contribution in [-0.4, -0.2) is 50.0 Å². The quantitative estimate of drug-likeness (QED) is 0.554. The van der Waals surface area contributed by atoms with Gasteiger partial charge in [-0.15, -0.1) is 0 Å². The molecule has 2 unspecified atom stereocenters. The Hall–Kier alpha value is -2.87. The second-order valence-electron chi connectivity index (χ2n) is 9.04. The van der Waals surface area contributed by atoms with E-state index in [4.69, 9.17) is 0 Å². The van der Waals surface area contributed by atoms with Crippen molar-refractivity contribution in [2.24, 2.45) is 0 Å². The molecule has 2 rings (SSSR count). The molecule has 0 spiro atoms. The maximum absolute atomic E-state index is 13.6. The minimum atomic E-state index is -3.74. The second kappa shape index (κ2) is 11.5. The van der Waals surface area contributed by atoms with Gasteiger partial charge in [0.05, 0.1) is 11.9 Å². The molecule has 0 aliphatic heterocycles. The van der Waals surface area contributed by atoms with E-state index in [-0.39, 0.29) is 18.5 Å². The van der Waals surface area contributed by atoms with E-state index in [1.807, 2.05) is 65.0 Å². The highest BCUT2D eigenvalue weighted by atomic mass is 32.2. The Morgan fingerprint density at radius 3 is 2.24 bits per heavy atom.